The van der Waals surface area contributed by atoms with Crippen LogP contribution in [-0.4, -0.2) is 53.4 Å². The normalized spacial score (nSPS) is 24.0. The molecule has 4 nitrogen and oxygen atoms in total. The first-order chi connectivity index (χ1) is 11.0. The minimum atomic E-state index is -0.0770. The average Bonchev–Trinajstić information content (AvgIpc) is 2.91. The Bertz CT molecular complexity index is 672. The first kappa shape index (κ1) is 16.5. The van der Waals surface area contributed by atoms with Crippen LogP contribution in [0.3, 0.4) is 0 Å². The maximum absolute atomic E-state index is 12.7. The zero-order chi connectivity index (χ0) is 16.7. The third-order valence-corrected chi connectivity index (χ3v) is 5.86. The molecule has 1 aliphatic heterocycles. The van der Waals surface area contributed by atoms with Crippen LogP contribution in [0.5, 0.6) is 0 Å². The van der Waals surface area contributed by atoms with Gasteiger partial charge in [-0.1, -0.05) is 12.7 Å². The molecule has 1 aliphatic carbocycles. The van der Waals surface area contributed by atoms with E-state index >= 15 is 0 Å². The molecule has 0 radical (unpaired) electrons. The molecule has 1 N–H and O–H groups in total. The third kappa shape index (κ3) is 2.70. The van der Waals surface area contributed by atoms with Crippen molar-refractivity contribution in [1.82, 2.24) is 14.8 Å². The maximum atomic E-state index is 12.7. The highest BCUT2D eigenvalue weighted by Gasteiger charge is 2.37. The van der Waals surface area contributed by atoms with E-state index < -0.39 is 0 Å². The summed E-state index contributed by atoms with van der Waals surface area (Å²) in [7, 11) is 2.11. The number of likely N-dealkylation sites (N-methyl/N-ethyl adjacent to an activating group) is 1. The lowest BCUT2D eigenvalue weighted by Crippen LogP contribution is -2.48. The second-order valence-corrected chi connectivity index (χ2v) is 7.16. The van der Waals surface area contributed by atoms with Crippen LogP contribution < -0.4 is 0 Å². The van der Waals surface area contributed by atoms with Gasteiger partial charge in [0.2, 0.25) is 5.91 Å². The number of aromatic nitrogens is 1. The maximum Gasteiger partial charge on any atom is 0.230 e. The highest BCUT2D eigenvalue weighted by Crippen LogP contribution is 2.41. The standard InChI is InChI=1S/C18H24BrN3O/c1-5-22(6-2)18(23)12-7-13-11(3)15-9-20-17(19)14(15)8-16(13)21(4)10-12/h7,9,12,16,20H,3,5-6,8,10H2,1-2,4H3/t12-,16-/m1/s1. The Morgan fingerprint density at radius 1 is 1.48 bits per heavy atom. The molecule has 2 heterocycles. The smallest absolute Gasteiger partial charge is 0.230 e. The molecule has 1 aromatic rings. The number of carbonyl (C=O) groups excluding carboxylic acids is 1. The Hall–Kier alpha value is -1.33. The third-order valence-electron chi connectivity index (χ3n) is 5.15. The van der Waals surface area contributed by atoms with E-state index in [0.29, 0.717) is 6.04 Å². The van der Waals surface area contributed by atoms with Crippen LogP contribution in [-0.2, 0) is 11.2 Å². The molecular weight excluding hydrogens is 354 g/mol. The van der Waals surface area contributed by atoms with Crippen molar-refractivity contribution in [1.29, 1.82) is 0 Å². The molecule has 2 atom stereocenters. The lowest BCUT2D eigenvalue weighted by atomic mass is 9.78. The first-order valence-corrected chi connectivity index (χ1v) is 9.03. The second kappa shape index (κ2) is 6.29. The van der Waals surface area contributed by atoms with Crippen molar-refractivity contribution in [2.24, 2.45) is 5.92 Å². The van der Waals surface area contributed by atoms with Gasteiger partial charge in [0.1, 0.15) is 0 Å². The van der Waals surface area contributed by atoms with Gasteiger partial charge in [-0.15, -0.1) is 0 Å². The van der Waals surface area contributed by atoms with Crippen molar-refractivity contribution in [3.05, 3.63) is 40.2 Å². The van der Waals surface area contributed by atoms with Gasteiger partial charge >= 0.3 is 0 Å². The number of hydrogen-bond donors (Lipinski definition) is 1. The molecule has 0 bridgehead atoms. The van der Waals surface area contributed by atoms with E-state index in [9.17, 15) is 4.79 Å². The quantitative estimate of drug-likeness (QED) is 0.878. The van der Waals surface area contributed by atoms with Gasteiger partial charge < -0.3 is 9.88 Å². The highest BCUT2D eigenvalue weighted by atomic mass is 79.9. The Morgan fingerprint density at radius 2 is 2.17 bits per heavy atom. The Morgan fingerprint density at radius 3 is 2.83 bits per heavy atom. The average molecular weight is 378 g/mol. The predicted octanol–water partition coefficient (Wildman–Crippen LogP) is 3.07. The van der Waals surface area contributed by atoms with Crippen LogP contribution in [0.15, 0.2) is 29.0 Å². The molecule has 0 spiro atoms. The number of amides is 1. The lowest BCUT2D eigenvalue weighted by Gasteiger charge is -2.41. The van der Waals surface area contributed by atoms with Crippen molar-refractivity contribution in [2.45, 2.75) is 26.3 Å². The second-order valence-electron chi connectivity index (χ2n) is 6.37. The molecule has 0 saturated heterocycles. The summed E-state index contributed by atoms with van der Waals surface area (Å²) < 4.78 is 1.04. The van der Waals surface area contributed by atoms with Gasteiger partial charge in [-0.2, -0.15) is 0 Å². The van der Waals surface area contributed by atoms with Crippen LogP contribution in [0, 0.1) is 5.92 Å². The molecule has 1 aromatic heterocycles. The molecule has 0 unspecified atom stereocenters. The van der Waals surface area contributed by atoms with Gasteiger partial charge in [-0.05, 0) is 60.0 Å². The van der Waals surface area contributed by atoms with E-state index in [1.54, 1.807) is 0 Å². The van der Waals surface area contributed by atoms with Crippen molar-refractivity contribution in [2.75, 3.05) is 26.7 Å². The van der Waals surface area contributed by atoms with Gasteiger partial charge in [-0.25, -0.2) is 0 Å². The monoisotopic (exact) mass is 377 g/mol. The van der Waals surface area contributed by atoms with Crippen LogP contribution in [0.2, 0.25) is 0 Å². The number of nitrogens with zero attached hydrogens (tertiary/aromatic N) is 2. The summed E-state index contributed by atoms with van der Waals surface area (Å²) in [6.45, 7) is 10.7. The molecule has 23 heavy (non-hydrogen) atoms. The minimum absolute atomic E-state index is 0.0770. The number of nitrogens with one attached hydrogen (secondary N) is 1. The highest BCUT2D eigenvalue weighted by molar-refractivity contribution is 9.10. The van der Waals surface area contributed by atoms with E-state index in [4.69, 9.17) is 0 Å². The number of aromatic amines is 1. The summed E-state index contributed by atoms with van der Waals surface area (Å²) in [6.07, 6.45) is 5.12. The van der Waals surface area contributed by atoms with E-state index in [1.807, 2.05) is 24.9 Å². The molecule has 124 valence electrons. The van der Waals surface area contributed by atoms with Gasteiger partial charge in [0.05, 0.1) is 10.5 Å². The topological polar surface area (TPSA) is 39.3 Å². The molecule has 1 amide bonds. The number of carbonyl (C=O) groups is 1. The number of H-pyrrole nitrogens is 1. The Balaban J connectivity index is 1.96. The summed E-state index contributed by atoms with van der Waals surface area (Å²) in [5.74, 6) is 0.147. The van der Waals surface area contributed by atoms with E-state index in [1.165, 1.54) is 16.7 Å². The van der Waals surface area contributed by atoms with E-state index in [-0.39, 0.29) is 11.8 Å². The number of fused-ring (bicyclic) bond motifs is 2. The fourth-order valence-corrected chi connectivity index (χ4v) is 4.28. The van der Waals surface area contributed by atoms with Crippen molar-refractivity contribution in [3.8, 4) is 0 Å². The summed E-state index contributed by atoms with van der Waals surface area (Å²) in [5.41, 5.74) is 4.71. The fourth-order valence-electron chi connectivity index (χ4n) is 3.79. The van der Waals surface area contributed by atoms with E-state index in [2.05, 4.69) is 45.5 Å². The summed E-state index contributed by atoms with van der Waals surface area (Å²) >= 11 is 3.59. The van der Waals surface area contributed by atoms with Crippen molar-refractivity contribution in [3.63, 3.8) is 0 Å². The number of halogens is 1. The SMILES string of the molecule is C=C1C2=C[C@@H](C(=O)N(CC)CC)CN(C)[C@@H]2Cc2c1c[nH]c2Br. The van der Waals surface area contributed by atoms with Gasteiger partial charge in [0.25, 0.3) is 0 Å². The molecule has 0 aromatic carbocycles. The Kier molecular flexibility index (Phi) is 4.52. The molecule has 5 heteroatoms. The largest absolute Gasteiger partial charge is 0.355 e. The fraction of sp³-hybridized carbons (Fsp3) is 0.500. The molecule has 0 saturated carbocycles. The molecular formula is C18H24BrN3O. The zero-order valence-corrected chi connectivity index (χ0v) is 15.6. The zero-order valence-electron chi connectivity index (χ0n) is 14.0. The summed E-state index contributed by atoms with van der Waals surface area (Å²) in [6, 6.07) is 0.308. The van der Waals surface area contributed by atoms with Gasteiger partial charge in [-0.3, -0.25) is 9.69 Å². The van der Waals surface area contributed by atoms with Gasteiger partial charge in [0.15, 0.2) is 0 Å². The molecule has 2 aliphatic rings. The van der Waals surface area contributed by atoms with Crippen LogP contribution in [0.4, 0.5) is 0 Å². The summed E-state index contributed by atoms with van der Waals surface area (Å²) in [5, 5.41) is 0. The predicted molar refractivity (Wildman–Crippen MR) is 97.1 cm³/mol. The van der Waals surface area contributed by atoms with Gasteiger partial charge in [0, 0.05) is 37.4 Å². The van der Waals surface area contributed by atoms with Crippen LogP contribution in [0.1, 0.15) is 25.0 Å². The number of hydrogen-bond acceptors (Lipinski definition) is 2. The molecule has 0 fully saturated rings. The van der Waals surface area contributed by atoms with Crippen molar-refractivity contribution < 1.29 is 4.79 Å². The summed E-state index contributed by atoms with van der Waals surface area (Å²) in [4.78, 5) is 20.2. The first-order valence-electron chi connectivity index (χ1n) is 8.24. The minimum Gasteiger partial charge on any atom is -0.355 e. The molecule has 3 rings (SSSR count). The Labute approximate surface area is 146 Å². The van der Waals surface area contributed by atoms with E-state index in [0.717, 1.165) is 36.2 Å². The lowest BCUT2D eigenvalue weighted by molar-refractivity contribution is -0.134. The number of rotatable bonds is 3. The van der Waals surface area contributed by atoms with Crippen molar-refractivity contribution >= 4 is 27.4 Å². The van der Waals surface area contributed by atoms with Crippen LogP contribution >= 0.6 is 15.9 Å². The van der Waals surface area contributed by atoms with Crippen LogP contribution in [0.25, 0.3) is 5.57 Å².